The summed E-state index contributed by atoms with van der Waals surface area (Å²) in [5, 5.41) is 9.96. The van der Waals surface area contributed by atoms with Gasteiger partial charge in [0.25, 0.3) is 0 Å². The number of aliphatic imine (C=N–C) groups is 1. The largest absolute Gasteiger partial charge is 0.442 e. The van der Waals surface area contributed by atoms with Crippen LogP contribution in [0.4, 0.5) is 0 Å². The fraction of sp³-hybridized carbons (Fsp3) is 0.435. The van der Waals surface area contributed by atoms with E-state index in [1.807, 2.05) is 30.3 Å². The fourth-order valence-corrected chi connectivity index (χ4v) is 4.31. The quantitative estimate of drug-likeness (QED) is 0.583. The minimum atomic E-state index is -0.413. The van der Waals surface area contributed by atoms with Crippen LogP contribution in [0.3, 0.4) is 0 Å². The van der Waals surface area contributed by atoms with Gasteiger partial charge in [0, 0.05) is 31.5 Å². The summed E-state index contributed by atoms with van der Waals surface area (Å²) in [4.78, 5) is 19.7. The molecule has 3 aliphatic rings. The Morgan fingerprint density at radius 3 is 2.61 bits per heavy atom. The summed E-state index contributed by atoms with van der Waals surface area (Å²) in [6.45, 7) is 6.10. The summed E-state index contributed by atoms with van der Waals surface area (Å²) in [5.41, 5.74) is 1.80. The highest BCUT2D eigenvalue weighted by Crippen LogP contribution is 2.48. The van der Waals surface area contributed by atoms with Crippen LogP contribution in [0, 0.1) is 16.7 Å². The van der Waals surface area contributed by atoms with Gasteiger partial charge in [-0.05, 0) is 23.8 Å². The first-order chi connectivity index (χ1) is 13.5. The fourth-order valence-electron chi connectivity index (χ4n) is 4.31. The molecule has 1 aromatic carbocycles. The topological polar surface area (TPSA) is 65.7 Å². The first-order valence-corrected chi connectivity index (χ1v) is 9.90. The summed E-state index contributed by atoms with van der Waals surface area (Å²) in [6, 6.07) is 12.0. The summed E-state index contributed by atoms with van der Waals surface area (Å²) >= 11 is 0. The molecule has 0 bridgehead atoms. The molecule has 2 aliphatic heterocycles. The van der Waals surface area contributed by atoms with Crippen LogP contribution in [-0.4, -0.2) is 30.1 Å². The zero-order valence-electron chi connectivity index (χ0n) is 16.4. The molecule has 2 heterocycles. The molecular weight excluding hydrogens is 350 g/mol. The Morgan fingerprint density at radius 2 is 1.93 bits per heavy atom. The lowest BCUT2D eigenvalue weighted by molar-refractivity contribution is -0.119. The summed E-state index contributed by atoms with van der Waals surface area (Å²) in [5.74, 6) is 0.648. The van der Waals surface area contributed by atoms with Gasteiger partial charge in [-0.2, -0.15) is 5.26 Å². The maximum Gasteiger partial charge on any atom is 0.235 e. The second-order valence-electron chi connectivity index (χ2n) is 8.54. The van der Waals surface area contributed by atoms with Crippen LogP contribution in [0.2, 0.25) is 0 Å². The Kier molecular flexibility index (Phi) is 4.80. The highest BCUT2D eigenvalue weighted by Gasteiger charge is 2.43. The van der Waals surface area contributed by atoms with Crippen molar-refractivity contribution in [3.05, 3.63) is 58.7 Å². The minimum absolute atomic E-state index is 0.0652. The van der Waals surface area contributed by atoms with Crippen LogP contribution in [0.1, 0.15) is 51.0 Å². The lowest BCUT2D eigenvalue weighted by Crippen LogP contribution is -2.32. The van der Waals surface area contributed by atoms with E-state index in [0.29, 0.717) is 35.6 Å². The van der Waals surface area contributed by atoms with E-state index in [1.54, 1.807) is 6.34 Å². The number of ketones is 1. The first kappa shape index (κ1) is 18.5. The molecule has 1 aromatic rings. The van der Waals surface area contributed by atoms with Gasteiger partial charge in [0.15, 0.2) is 5.78 Å². The number of likely N-dealkylation sites (tertiary alicyclic amines) is 1. The molecular formula is C23H25N3O2. The Balaban J connectivity index is 1.80. The molecule has 1 saturated heterocycles. The molecule has 0 radical (unpaired) electrons. The van der Waals surface area contributed by atoms with Crippen molar-refractivity contribution >= 4 is 12.1 Å². The zero-order valence-corrected chi connectivity index (χ0v) is 16.4. The van der Waals surface area contributed by atoms with Crippen LogP contribution in [0.15, 0.2) is 58.1 Å². The monoisotopic (exact) mass is 375 g/mol. The van der Waals surface area contributed by atoms with Crippen molar-refractivity contribution in [1.29, 1.82) is 5.26 Å². The molecule has 0 amide bonds. The highest BCUT2D eigenvalue weighted by molar-refractivity contribution is 6.00. The Hall–Kier alpha value is -2.87. The standard InChI is InChI=1S/C23H25N3O2/c1-23(2)12-18(27)21-19(13-23)28-22(25-15-26-10-6-7-11-26)17(14-24)20(21)16-8-4-3-5-9-16/h3-5,8-9,15,20H,6-7,10-13H2,1-2H3/t20-/m0/s1. The van der Waals surface area contributed by atoms with Crippen molar-refractivity contribution in [2.75, 3.05) is 13.1 Å². The predicted octanol–water partition coefficient (Wildman–Crippen LogP) is 4.30. The summed E-state index contributed by atoms with van der Waals surface area (Å²) in [7, 11) is 0. The van der Waals surface area contributed by atoms with Crippen LogP contribution in [0.25, 0.3) is 0 Å². The Morgan fingerprint density at radius 1 is 1.21 bits per heavy atom. The SMILES string of the molecule is CC1(C)CC(=O)C2=C(C1)OC(N=CN1CCCC1)=C(C#N)[C@@H]2c1ccccc1. The molecule has 0 spiro atoms. The van der Waals surface area contributed by atoms with Crippen molar-refractivity contribution in [2.45, 2.75) is 45.4 Å². The lowest BCUT2D eigenvalue weighted by atomic mass is 9.70. The molecule has 5 nitrogen and oxygen atoms in total. The maximum atomic E-state index is 13.0. The van der Waals surface area contributed by atoms with Crippen molar-refractivity contribution in [3.63, 3.8) is 0 Å². The molecule has 5 heteroatoms. The lowest BCUT2D eigenvalue weighted by Gasteiger charge is -2.37. The number of benzene rings is 1. The Bertz CT molecular complexity index is 913. The van der Waals surface area contributed by atoms with Crippen LogP contribution >= 0.6 is 0 Å². The second-order valence-corrected chi connectivity index (χ2v) is 8.54. The van der Waals surface area contributed by atoms with Gasteiger partial charge in [0.2, 0.25) is 5.88 Å². The second kappa shape index (κ2) is 7.27. The maximum absolute atomic E-state index is 13.0. The van der Waals surface area contributed by atoms with E-state index in [4.69, 9.17) is 4.74 Å². The van der Waals surface area contributed by atoms with Crippen LogP contribution in [0.5, 0.6) is 0 Å². The molecule has 1 aliphatic carbocycles. The molecule has 0 saturated carbocycles. The zero-order chi connectivity index (χ0) is 19.7. The van der Waals surface area contributed by atoms with E-state index >= 15 is 0 Å². The van der Waals surface area contributed by atoms with E-state index in [9.17, 15) is 10.1 Å². The third kappa shape index (κ3) is 3.47. The van der Waals surface area contributed by atoms with E-state index in [-0.39, 0.29) is 11.2 Å². The van der Waals surface area contributed by atoms with Gasteiger partial charge in [-0.15, -0.1) is 0 Å². The van der Waals surface area contributed by atoms with E-state index in [2.05, 4.69) is 29.8 Å². The van der Waals surface area contributed by atoms with Gasteiger partial charge in [-0.1, -0.05) is 44.2 Å². The molecule has 1 atom stereocenters. The Labute approximate surface area is 166 Å². The average Bonchev–Trinajstić information content (AvgIpc) is 3.18. The smallest absolute Gasteiger partial charge is 0.235 e. The van der Waals surface area contributed by atoms with Crippen molar-refractivity contribution in [3.8, 4) is 6.07 Å². The number of hydrogen-bond acceptors (Lipinski definition) is 4. The molecule has 4 rings (SSSR count). The predicted molar refractivity (Wildman–Crippen MR) is 107 cm³/mol. The van der Waals surface area contributed by atoms with Crippen LogP contribution in [-0.2, 0) is 9.53 Å². The molecule has 0 unspecified atom stereocenters. The third-order valence-corrected chi connectivity index (χ3v) is 5.64. The molecule has 28 heavy (non-hydrogen) atoms. The third-order valence-electron chi connectivity index (χ3n) is 5.64. The number of nitrogens with zero attached hydrogens (tertiary/aromatic N) is 3. The van der Waals surface area contributed by atoms with Gasteiger partial charge < -0.3 is 9.64 Å². The van der Waals surface area contributed by atoms with Gasteiger partial charge >= 0.3 is 0 Å². The molecule has 1 fully saturated rings. The normalized spacial score (nSPS) is 24.4. The number of ether oxygens (including phenoxy) is 1. The number of carbonyl (C=O) groups excluding carboxylic acids is 1. The van der Waals surface area contributed by atoms with Gasteiger partial charge in [0.05, 0.1) is 12.3 Å². The highest BCUT2D eigenvalue weighted by atomic mass is 16.5. The van der Waals surface area contributed by atoms with E-state index in [1.165, 1.54) is 0 Å². The van der Waals surface area contributed by atoms with E-state index < -0.39 is 5.92 Å². The number of rotatable bonds is 3. The summed E-state index contributed by atoms with van der Waals surface area (Å²) < 4.78 is 6.10. The van der Waals surface area contributed by atoms with Gasteiger partial charge in [-0.25, -0.2) is 4.99 Å². The number of hydrogen-bond donors (Lipinski definition) is 0. The van der Waals surface area contributed by atoms with Crippen LogP contribution < -0.4 is 0 Å². The van der Waals surface area contributed by atoms with Crippen molar-refractivity contribution < 1.29 is 9.53 Å². The molecule has 144 valence electrons. The summed E-state index contributed by atoms with van der Waals surface area (Å²) in [6.07, 6.45) is 5.22. The van der Waals surface area contributed by atoms with E-state index in [0.717, 1.165) is 31.5 Å². The number of nitriles is 1. The van der Waals surface area contributed by atoms with Crippen molar-refractivity contribution in [2.24, 2.45) is 10.4 Å². The minimum Gasteiger partial charge on any atom is -0.442 e. The first-order valence-electron chi connectivity index (χ1n) is 9.90. The number of carbonyl (C=O) groups is 1. The van der Waals surface area contributed by atoms with Crippen molar-refractivity contribution in [1.82, 2.24) is 4.90 Å². The number of allylic oxidation sites excluding steroid dienone is 3. The average molecular weight is 375 g/mol. The number of Topliss-reactive ketones (excluding diaryl/α,β-unsaturated/α-hetero) is 1. The molecule has 0 aromatic heterocycles. The van der Waals surface area contributed by atoms with Gasteiger partial charge in [0.1, 0.15) is 17.4 Å². The molecule has 0 N–H and O–H groups in total. The van der Waals surface area contributed by atoms with Gasteiger partial charge in [-0.3, -0.25) is 4.79 Å².